The van der Waals surface area contributed by atoms with Crippen LogP contribution in [0.2, 0.25) is 0 Å². The summed E-state index contributed by atoms with van der Waals surface area (Å²) < 4.78 is 34.8. The van der Waals surface area contributed by atoms with Crippen LogP contribution in [0.3, 0.4) is 0 Å². The van der Waals surface area contributed by atoms with E-state index in [1.807, 2.05) is 0 Å². The van der Waals surface area contributed by atoms with Crippen molar-refractivity contribution in [1.29, 1.82) is 0 Å². The monoisotopic (exact) mass is 582 g/mol. The Labute approximate surface area is 237 Å². The molecule has 0 radical (unpaired) electrons. The summed E-state index contributed by atoms with van der Waals surface area (Å²) in [7, 11) is 0. The molecule has 1 saturated carbocycles. The number of esters is 5. The Hall–Kier alpha value is -3.03. The van der Waals surface area contributed by atoms with Crippen molar-refractivity contribution in [3.8, 4) is 0 Å². The van der Waals surface area contributed by atoms with E-state index in [1.54, 1.807) is 13.8 Å². The normalized spacial score (nSPS) is 46.2. The van der Waals surface area contributed by atoms with Crippen LogP contribution in [0.15, 0.2) is 11.6 Å². The molecule has 0 aromatic carbocycles. The van der Waals surface area contributed by atoms with Gasteiger partial charge in [-0.2, -0.15) is 0 Å². The molecule has 0 amide bonds. The number of hydrogen-bond donors (Lipinski definition) is 2. The lowest BCUT2D eigenvalue weighted by molar-refractivity contribution is -0.275. The molecule has 13 heteroatoms. The van der Waals surface area contributed by atoms with E-state index in [4.69, 9.17) is 28.4 Å². The number of carbonyl (C=O) groups excluding carboxylic acids is 5. The average Bonchev–Trinajstić information content (AvgIpc) is 3.40. The highest BCUT2D eigenvalue weighted by Gasteiger charge is 2.88. The molecule has 4 rings (SSSR count). The molecule has 228 valence electrons. The van der Waals surface area contributed by atoms with Gasteiger partial charge in [0.05, 0.1) is 17.1 Å². The Balaban J connectivity index is 2.09. The third kappa shape index (κ3) is 4.71. The van der Waals surface area contributed by atoms with Crippen LogP contribution in [-0.4, -0.2) is 93.5 Å². The summed E-state index contributed by atoms with van der Waals surface area (Å²) in [6.45, 7) is 10.7. The molecule has 11 atom stereocenters. The van der Waals surface area contributed by atoms with Gasteiger partial charge in [-0.15, -0.1) is 0 Å². The average molecular weight is 583 g/mol. The summed E-state index contributed by atoms with van der Waals surface area (Å²) in [6, 6.07) is 0. The molecule has 41 heavy (non-hydrogen) atoms. The first-order chi connectivity index (χ1) is 18.8. The van der Waals surface area contributed by atoms with Crippen LogP contribution in [0.1, 0.15) is 68.2 Å². The summed E-state index contributed by atoms with van der Waals surface area (Å²) in [4.78, 5) is 62.8. The molecule has 2 aliphatic heterocycles. The molecule has 4 aliphatic rings. The lowest BCUT2D eigenvalue weighted by Gasteiger charge is -2.59. The minimum Gasteiger partial charge on any atom is -0.462 e. The smallest absolute Gasteiger partial charge is 0.342 e. The van der Waals surface area contributed by atoms with E-state index in [0.29, 0.717) is 5.57 Å². The van der Waals surface area contributed by atoms with E-state index in [2.05, 4.69) is 0 Å². The molecule has 3 fully saturated rings. The van der Waals surface area contributed by atoms with Crippen molar-refractivity contribution in [2.75, 3.05) is 0 Å². The second kappa shape index (κ2) is 10.1. The van der Waals surface area contributed by atoms with Crippen LogP contribution in [-0.2, 0) is 52.4 Å². The number of ether oxygens (including phenoxy) is 6. The Morgan fingerprint density at radius 1 is 0.878 bits per heavy atom. The molecule has 2 N–H and O–H groups in total. The minimum atomic E-state index is -2.09. The van der Waals surface area contributed by atoms with Crippen LogP contribution >= 0.6 is 0 Å². The van der Waals surface area contributed by atoms with Crippen LogP contribution in [0, 0.1) is 11.3 Å². The van der Waals surface area contributed by atoms with Crippen molar-refractivity contribution in [3.63, 3.8) is 0 Å². The molecule has 0 bridgehead atoms. The Bertz CT molecular complexity index is 1190. The number of aliphatic hydroxyl groups excluding tert-OH is 1. The zero-order valence-electron chi connectivity index (χ0n) is 24.4. The number of fused-ring (bicyclic) bond motifs is 1. The standard InChI is InChI=1S/C28H38O13/c1-12-9-21-28(27(8,41-28)24(34)40-21)23(39-16(5)32)22-25(6,19(37-14(3)30)10-17(12)36-13(2)29)20(38-15(4)31)11-18(33)26(22,7)35/h9,17-23,33,35H,10-11H2,1-8H3/b12-9-/t17-,18+,19+,20+,21+,22-,23+,25+,26-,27+,28+/m1/s1. The van der Waals surface area contributed by atoms with Crippen LogP contribution < -0.4 is 0 Å². The number of rotatable bonds is 4. The topological polar surface area (TPSA) is 184 Å². The number of epoxide rings is 1. The predicted octanol–water partition coefficient (Wildman–Crippen LogP) is 0.654. The molecule has 1 spiro atoms. The van der Waals surface area contributed by atoms with E-state index in [0.717, 1.165) is 13.8 Å². The first kappa shape index (κ1) is 30.9. The van der Waals surface area contributed by atoms with E-state index < -0.39 is 94.6 Å². The van der Waals surface area contributed by atoms with Gasteiger partial charge in [-0.3, -0.25) is 19.2 Å². The van der Waals surface area contributed by atoms with Gasteiger partial charge in [0.2, 0.25) is 0 Å². The Kier molecular flexibility index (Phi) is 7.58. The van der Waals surface area contributed by atoms with Crippen LogP contribution in [0.4, 0.5) is 0 Å². The van der Waals surface area contributed by atoms with Gasteiger partial charge in [0.15, 0.2) is 17.3 Å². The van der Waals surface area contributed by atoms with Crippen molar-refractivity contribution in [1.82, 2.24) is 0 Å². The highest BCUT2D eigenvalue weighted by Crippen LogP contribution is 2.66. The van der Waals surface area contributed by atoms with Gasteiger partial charge in [0.25, 0.3) is 0 Å². The Morgan fingerprint density at radius 3 is 1.88 bits per heavy atom. The maximum absolute atomic E-state index is 13.1. The first-order valence-corrected chi connectivity index (χ1v) is 13.5. The SMILES string of the molecule is CC(=O)O[C@H]1C[C@@H](OC(C)=O)/C(C)=C\[C@@H]2OC(=O)[C@]3(C)O[C@]23[C@@H](OC(C)=O)[C@H]2[C@](C)(O)[C@@H](O)C[C@H](OC(C)=O)[C@]12C. The largest absolute Gasteiger partial charge is 0.462 e. The van der Waals surface area contributed by atoms with Crippen molar-refractivity contribution >= 4 is 29.8 Å². The van der Waals surface area contributed by atoms with Gasteiger partial charge in [-0.1, -0.05) is 6.92 Å². The zero-order chi connectivity index (χ0) is 30.9. The van der Waals surface area contributed by atoms with Gasteiger partial charge in [-0.25, -0.2) is 4.79 Å². The fourth-order valence-corrected chi connectivity index (χ4v) is 7.23. The second-order valence-corrected chi connectivity index (χ2v) is 12.0. The maximum atomic E-state index is 13.1. The van der Waals surface area contributed by atoms with Gasteiger partial charge >= 0.3 is 29.8 Å². The van der Waals surface area contributed by atoms with Crippen molar-refractivity contribution in [2.24, 2.45) is 11.3 Å². The summed E-state index contributed by atoms with van der Waals surface area (Å²) in [5.74, 6) is -5.02. The van der Waals surface area contributed by atoms with Gasteiger partial charge in [0.1, 0.15) is 24.4 Å². The first-order valence-electron chi connectivity index (χ1n) is 13.5. The minimum absolute atomic E-state index is 0.170. The summed E-state index contributed by atoms with van der Waals surface area (Å²) in [5.41, 5.74) is -6.61. The van der Waals surface area contributed by atoms with Gasteiger partial charge in [-0.05, 0) is 32.4 Å². The zero-order valence-corrected chi connectivity index (χ0v) is 24.4. The molecular weight excluding hydrogens is 544 g/mol. The molecule has 0 aromatic rings. The molecule has 2 saturated heterocycles. The second-order valence-electron chi connectivity index (χ2n) is 12.0. The van der Waals surface area contributed by atoms with Gasteiger partial charge < -0.3 is 38.6 Å². The van der Waals surface area contributed by atoms with E-state index in [9.17, 15) is 34.2 Å². The third-order valence-corrected chi connectivity index (χ3v) is 9.22. The number of carbonyl (C=O) groups is 5. The Morgan fingerprint density at radius 2 is 1.39 bits per heavy atom. The fraction of sp³-hybridized carbons (Fsp3) is 0.750. The lowest BCUT2D eigenvalue weighted by Crippen LogP contribution is -2.72. The van der Waals surface area contributed by atoms with Gasteiger partial charge in [0, 0.05) is 46.5 Å². The molecular formula is C28H38O13. The fourth-order valence-electron chi connectivity index (χ4n) is 7.23. The summed E-state index contributed by atoms with van der Waals surface area (Å²) >= 11 is 0. The summed E-state index contributed by atoms with van der Waals surface area (Å²) in [6.07, 6.45) is -6.57. The quantitative estimate of drug-likeness (QED) is 0.204. The van der Waals surface area contributed by atoms with E-state index >= 15 is 0 Å². The third-order valence-electron chi connectivity index (χ3n) is 9.22. The summed E-state index contributed by atoms with van der Waals surface area (Å²) in [5, 5.41) is 23.3. The number of aliphatic hydroxyl groups is 2. The van der Waals surface area contributed by atoms with Crippen molar-refractivity contribution < 1.29 is 62.6 Å². The van der Waals surface area contributed by atoms with E-state index in [1.165, 1.54) is 33.8 Å². The maximum Gasteiger partial charge on any atom is 0.342 e. The predicted molar refractivity (Wildman–Crippen MR) is 136 cm³/mol. The highest BCUT2D eigenvalue weighted by molar-refractivity contribution is 5.89. The molecule has 0 aromatic heterocycles. The molecule has 2 heterocycles. The number of hydrogen-bond acceptors (Lipinski definition) is 13. The van der Waals surface area contributed by atoms with Crippen LogP contribution in [0.25, 0.3) is 0 Å². The van der Waals surface area contributed by atoms with E-state index in [-0.39, 0.29) is 12.8 Å². The lowest BCUT2D eigenvalue weighted by atomic mass is 9.51. The van der Waals surface area contributed by atoms with Crippen molar-refractivity contribution in [3.05, 3.63) is 11.6 Å². The molecule has 2 aliphatic carbocycles. The highest BCUT2D eigenvalue weighted by atomic mass is 16.7. The molecule has 13 nitrogen and oxygen atoms in total. The van der Waals surface area contributed by atoms with Crippen molar-refractivity contribution in [2.45, 2.75) is 122 Å². The molecule has 0 unspecified atom stereocenters. The van der Waals surface area contributed by atoms with Crippen LogP contribution in [0.5, 0.6) is 0 Å².